The lowest BCUT2D eigenvalue weighted by Gasteiger charge is -2.10. The van der Waals surface area contributed by atoms with Gasteiger partial charge in [-0.2, -0.15) is 0 Å². The predicted molar refractivity (Wildman–Crippen MR) is 71.8 cm³/mol. The fourth-order valence-electron chi connectivity index (χ4n) is 1.48. The summed E-state index contributed by atoms with van der Waals surface area (Å²) in [5, 5.41) is 22.3. The molecule has 1 aromatic carbocycles. The maximum atomic E-state index is 11.9. The van der Waals surface area contributed by atoms with Crippen LogP contribution in [0.15, 0.2) is 18.2 Å². The summed E-state index contributed by atoms with van der Waals surface area (Å²) >= 11 is 0. The first-order valence-corrected chi connectivity index (χ1v) is 6.16. The molecule has 1 amide bonds. The van der Waals surface area contributed by atoms with E-state index in [9.17, 15) is 19.7 Å². The SMILES string of the molecule is CCC(C)CNC(=O)c1cc(C(=O)O)cc([N+](=O)[O-])c1. The van der Waals surface area contributed by atoms with E-state index in [4.69, 9.17) is 5.11 Å². The number of amides is 1. The molecule has 0 aliphatic heterocycles. The quantitative estimate of drug-likeness (QED) is 0.612. The predicted octanol–water partition coefficient (Wildman–Crippen LogP) is 2.07. The monoisotopic (exact) mass is 280 g/mol. The van der Waals surface area contributed by atoms with Gasteiger partial charge in [0.2, 0.25) is 0 Å². The molecule has 0 saturated carbocycles. The lowest BCUT2D eigenvalue weighted by Crippen LogP contribution is -2.28. The highest BCUT2D eigenvalue weighted by atomic mass is 16.6. The molecule has 1 atom stereocenters. The van der Waals surface area contributed by atoms with Crippen LogP contribution in [0.4, 0.5) is 5.69 Å². The van der Waals surface area contributed by atoms with Crippen molar-refractivity contribution in [1.29, 1.82) is 0 Å². The number of hydrogen-bond acceptors (Lipinski definition) is 4. The van der Waals surface area contributed by atoms with Crippen molar-refractivity contribution in [3.8, 4) is 0 Å². The third kappa shape index (κ3) is 4.04. The van der Waals surface area contributed by atoms with E-state index in [0.29, 0.717) is 6.54 Å². The van der Waals surface area contributed by atoms with Crippen molar-refractivity contribution in [3.63, 3.8) is 0 Å². The second-order valence-corrected chi connectivity index (χ2v) is 4.55. The van der Waals surface area contributed by atoms with Crippen LogP contribution in [0.2, 0.25) is 0 Å². The number of non-ortho nitro benzene ring substituents is 1. The summed E-state index contributed by atoms with van der Waals surface area (Å²) in [6, 6.07) is 3.12. The van der Waals surface area contributed by atoms with Gasteiger partial charge in [-0.25, -0.2) is 4.79 Å². The summed E-state index contributed by atoms with van der Waals surface area (Å²) in [6.45, 7) is 4.36. The van der Waals surface area contributed by atoms with E-state index in [1.54, 1.807) is 0 Å². The summed E-state index contributed by atoms with van der Waals surface area (Å²) in [4.78, 5) is 32.8. The van der Waals surface area contributed by atoms with Crippen molar-refractivity contribution in [2.24, 2.45) is 5.92 Å². The highest BCUT2D eigenvalue weighted by Gasteiger charge is 2.17. The third-order valence-corrected chi connectivity index (χ3v) is 2.95. The Hall–Kier alpha value is -2.44. The van der Waals surface area contributed by atoms with E-state index >= 15 is 0 Å². The maximum Gasteiger partial charge on any atom is 0.335 e. The molecule has 0 heterocycles. The molecule has 108 valence electrons. The second-order valence-electron chi connectivity index (χ2n) is 4.55. The number of nitrogens with one attached hydrogen (secondary N) is 1. The molecule has 1 rings (SSSR count). The van der Waals surface area contributed by atoms with Crippen LogP contribution in [0.5, 0.6) is 0 Å². The normalized spacial score (nSPS) is 11.7. The Labute approximate surface area is 115 Å². The lowest BCUT2D eigenvalue weighted by atomic mass is 10.1. The standard InChI is InChI=1S/C13H16N2O5/c1-3-8(2)7-14-12(16)9-4-10(13(17)18)6-11(5-9)15(19)20/h4-6,8H,3,7H2,1-2H3,(H,14,16)(H,17,18). The Bertz CT molecular complexity index is 509. The summed E-state index contributed by atoms with van der Waals surface area (Å²) < 4.78 is 0. The van der Waals surface area contributed by atoms with Crippen molar-refractivity contribution in [2.75, 3.05) is 6.54 Å². The zero-order valence-electron chi connectivity index (χ0n) is 11.3. The number of carboxylic acids is 1. The van der Waals surface area contributed by atoms with Crippen LogP contribution < -0.4 is 5.32 Å². The Morgan fingerprint density at radius 2 is 1.95 bits per heavy atom. The van der Waals surface area contributed by atoms with E-state index < -0.39 is 22.5 Å². The van der Waals surface area contributed by atoms with E-state index in [1.165, 1.54) is 0 Å². The highest BCUT2D eigenvalue weighted by Crippen LogP contribution is 2.17. The molecule has 7 heteroatoms. The lowest BCUT2D eigenvalue weighted by molar-refractivity contribution is -0.384. The number of rotatable bonds is 6. The average Bonchev–Trinajstić information content (AvgIpc) is 2.43. The van der Waals surface area contributed by atoms with Gasteiger partial charge in [0.15, 0.2) is 0 Å². The van der Waals surface area contributed by atoms with E-state index in [-0.39, 0.29) is 17.0 Å². The van der Waals surface area contributed by atoms with Gasteiger partial charge in [-0.3, -0.25) is 14.9 Å². The topological polar surface area (TPSA) is 110 Å². The molecule has 0 aliphatic rings. The molecule has 20 heavy (non-hydrogen) atoms. The van der Waals surface area contributed by atoms with Gasteiger partial charge in [-0.05, 0) is 12.0 Å². The van der Waals surface area contributed by atoms with Crippen molar-refractivity contribution in [1.82, 2.24) is 5.32 Å². The molecule has 7 nitrogen and oxygen atoms in total. The van der Waals surface area contributed by atoms with Gasteiger partial charge in [0, 0.05) is 24.2 Å². The molecule has 0 radical (unpaired) electrons. The van der Waals surface area contributed by atoms with Crippen molar-refractivity contribution in [3.05, 3.63) is 39.4 Å². The molecule has 0 aliphatic carbocycles. The van der Waals surface area contributed by atoms with Crippen LogP contribution in [0.25, 0.3) is 0 Å². The van der Waals surface area contributed by atoms with E-state index in [1.807, 2.05) is 13.8 Å². The average molecular weight is 280 g/mol. The maximum absolute atomic E-state index is 11.9. The molecule has 0 saturated heterocycles. The largest absolute Gasteiger partial charge is 0.478 e. The van der Waals surface area contributed by atoms with Crippen LogP contribution in [0.1, 0.15) is 41.0 Å². The highest BCUT2D eigenvalue weighted by molar-refractivity contribution is 5.98. The van der Waals surface area contributed by atoms with E-state index in [2.05, 4.69) is 5.32 Å². The first-order valence-electron chi connectivity index (χ1n) is 6.16. The molecule has 1 aromatic rings. The molecular weight excluding hydrogens is 264 g/mol. The van der Waals surface area contributed by atoms with Crippen molar-refractivity contribution in [2.45, 2.75) is 20.3 Å². The summed E-state index contributed by atoms with van der Waals surface area (Å²) in [5.41, 5.74) is -0.730. The number of nitrogens with zero attached hydrogens (tertiary/aromatic N) is 1. The number of nitro groups is 1. The molecule has 2 N–H and O–H groups in total. The zero-order chi connectivity index (χ0) is 15.3. The minimum Gasteiger partial charge on any atom is -0.478 e. The third-order valence-electron chi connectivity index (χ3n) is 2.95. The van der Waals surface area contributed by atoms with Crippen LogP contribution >= 0.6 is 0 Å². The minimum absolute atomic E-state index is 0.0279. The van der Waals surface area contributed by atoms with Gasteiger partial charge >= 0.3 is 5.97 Å². The Morgan fingerprint density at radius 3 is 2.45 bits per heavy atom. The van der Waals surface area contributed by atoms with Gasteiger partial charge in [-0.1, -0.05) is 20.3 Å². The Balaban J connectivity index is 3.01. The minimum atomic E-state index is -1.32. The molecule has 0 fully saturated rings. The molecule has 0 aromatic heterocycles. The number of carbonyl (C=O) groups excluding carboxylic acids is 1. The van der Waals surface area contributed by atoms with Crippen LogP contribution in [-0.4, -0.2) is 28.5 Å². The van der Waals surface area contributed by atoms with Gasteiger partial charge in [0.1, 0.15) is 0 Å². The molecule has 0 spiro atoms. The first kappa shape index (κ1) is 15.6. The fourth-order valence-corrected chi connectivity index (χ4v) is 1.48. The van der Waals surface area contributed by atoms with Crippen molar-refractivity contribution >= 4 is 17.6 Å². The summed E-state index contributed by atoms with van der Waals surface area (Å²) in [5.74, 6) is -1.56. The van der Waals surface area contributed by atoms with Gasteiger partial charge < -0.3 is 10.4 Å². The van der Waals surface area contributed by atoms with E-state index in [0.717, 1.165) is 24.6 Å². The molecular formula is C13H16N2O5. The number of carboxylic acid groups (broad SMARTS) is 1. The smallest absolute Gasteiger partial charge is 0.335 e. The van der Waals surface area contributed by atoms with Crippen LogP contribution in [0.3, 0.4) is 0 Å². The van der Waals surface area contributed by atoms with Gasteiger partial charge in [-0.15, -0.1) is 0 Å². The first-order chi connectivity index (χ1) is 9.35. The van der Waals surface area contributed by atoms with Gasteiger partial charge in [0.25, 0.3) is 11.6 Å². The number of hydrogen-bond donors (Lipinski definition) is 2. The van der Waals surface area contributed by atoms with Crippen LogP contribution in [-0.2, 0) is 0 Å². The zero-order valence-corrected chi connectivity index (χ0v) is 11.3. The summed E-state index contributed by atoms with van der Waals surface area (Å²) in [6.07, 6.45) is 0.885. The van der Waals surface area contributed by atoms with Crippen molar-refractivity contribution < 1.29 is 19.6 Å². The molecule has 0 bridgehead atoms. The summed E-state index contributed by atoms with van der Waals surface area (Å²) in [7, 11) is 0. The Morgan fingerprint density at radius 1 is 1.35 bits per heavy atom. The van der Waals surface area contributed by atoms with Crippen LogP contribution in [0, 0.1) is 16.0 Å². The Kier molecular flexibility index (Phi) is 5.19. The van der Waals surface area contributed by atoms with Gasteiger partial charge in [0.05, 0.1) is 10.5 Å². The number of carbonyl (C=O) groups is 2. The molecule has 1 unspecified atom stereocenters. The fraction of sp³-hybridized carbons (Fsp3) is 0.385. The number of nitro benzene ring substituents is 1. The second kappa shape index (κ2) is 6.65. The number of benzene rings is 1. The number of aromatic carboxylic acids is 1.